The summed E-state index contributed by atoms with van der Waals surface area (Å²) in [6.45, 7) is 0. The van der Waals surface area contributed by atoms with Crippen molar-refractivity contribution in [3.8, 4) is 0 Å². The Labute approximate surface area is 203 Å². The summed E-state index contributed by atoms with van der Waals surface area (Å²) in [5, 5.41) is 0.724. The van der Waals surface area contributed by atoms with Crippen LogP contribution in [0.5, 0.6) is 0 Å². The molecule has 1 heterocycles. The van der Waals surface area contributed by atoms with Crippen LogP contribution < -0.4 is 10.5 Å². The normalized spacial score (nSPS) is 25.5. The Morgan fingerprint density at radius 2 is 1.79 bits per heavy atom. The van der Waals surface area contributed by atoms with Gasteiger partial charge in [-0.3, -0.25) is 9.59 Å². The Morgan fingerprint density at radius 3 is 2.45 bits per heavy atom. The number of benzene rings is 2. The molecule has 0 radical (unpaired) electrons. The fourth-order valence-corrected chi connectivity index (χ4v) is 6.50. The van der Waals surface area contributed by atoms with Gasteiger partial charge in [-0.05, 0) is 42.2 Å². The first-order valence-corrected chi connectivity index (χ1v) is 13.4. The molecule has 2 aliphatic rings. The minimum absolute atomic E-state index is 0.286. The molecule has 176 valence electrons. The van der Waals surface area contributed by atoms with Crippen molar-refractivity contribution in [3.63, 3.8) is 0 Å². The summed E-state index contributed by atoms with van der Waals surface area (Å²) < 4.78 is 26.9. The van der Waals surface area contributed by atoms with Gasteiger partial charge in [0.2, 0.25) is 15.9 Å². The maximum atomic E-state index is 13.9. The van der Waals surface area contributed by atoms with E-state index in [2.05, 4.69) is 4.72 Å². The number of amides is 2. The zero-order valence-corrected chi connectivity index (χ0v) is 20.3. The Kier molecular flexibility index (Phi) is 6.73. The molecule has 2 aromatic carbocycles. The predicted octanol–water partition coefficient (Wildman–Crippen LogP) is 3.62. The first-order chi connectivity index (χ1) is 15.6. The van der Waals surface area contributed by atoms with Gasteiger partial charge in [0.1, 0.15) is 0 Å². The summed E-state index contributed by atoms with van der Waals surface area (Å²) in [5.74, 6) is -1.75. The fourth-order valence-electron chi connectivity index (χ4n) is 5.15. The molecular weight excluding hydrogens is 485 g/mol. The van der Waals surface area contributed by atoms with E-state index < -0.39 is 40.0 Å². The van der Waals surface area contributed by atoms with Crippen molar-refractivity contribution in [1.29, 1.82) is 0 Å². The van der Waals surface area contributed by atoms with Crippen molar-refractivity contribution in [2.45, 2.75) is 49.7 Å². The second kappa shape index (κ2) is 9.25. The lowest BCUT2D eigenvalue weighted by Crippen LogP contribution is -2.59. The summed E-state index contributed by atoms with van der Waals surface area (Å²) in [4.78, 5) is 28.3. The smallest absolute Gasteiger partial charge is 0.255 e. The molecule has 33 heavy (non-hydrogen) atoms. The van der Waals surface area contributed by atoms with Gasteiger partial charge in [-0.2, -0.15) is 0 Å². The highest BCUT2D eigenvalue weighted by molar-refractivity contribution is 7.88. The number of sulfonamides is 1. The second-order valence-electron chi connectivity index (χ2n) is 8.64. The van der Waals surface area contributed by atoms with Crippen LogP contribution in [0.2, 0.25) is 10.0 Å². The Balaban J connectivity index is 1.93. The van der Waals surface area contributed by atoms with Crippen LogP contribution in [0, 0.1) is 0 Å². The third kappa shape index (κ3) is 4.75. The third-order valence-electron chi connectivity index (χ3n) is 6.42. The van der Waals surface area contributed by atoms with E-state index in [1.165, 1.54) is 0 Å². The Hall–Kier alpha value is -2.13. The molecule has 2 aromatic rings. The van der Waals surface area contributed by atoms with Crippen molar-refractivity contribution >= 4 is 45.0 Å². The van der Waals surface area contributed by atoms with E-state index >= 15 is 0 Å². The van der Waals surface area contributed by atoms with E-state index in [0.717, 1.165) is 19.1 Å². The van der Waals surface area contributed by atoms with Gasteiger partial charge in [-0.15, -0.1) is 0 Å². The van der Waals surface area contributed by atoms with Crippen molar-refractivity contribution < 1.29 is 18.0 Å². The topological polar surface area (TPSA) is 110 Å². The van der Waals surface area contributed by atoms with Crippen molar-refractivity contribution in [3.05, 3.63) is 69.2 Å². The Morgan fingerprint density at radius 1 is 1.09 bits per heavy atom. The number of nitrogens with one attached hydrogen (secondary N) is 1. The summed E-state index contributed by atoms with van der Waals surface area (Å²) >= 11 is 12.7. The summed E-state index contributed by atoms with van der Waals surface area (Å²) in [5.41, 5.74) is 7.36. The molecule has 0 spiro atoms. The predicted molar refractivity (Wildman–Crippen MR) is 128 cm³/mol. The SMILES string of the molecule is CS(=O)(=O)NC1CCCCC1N1C(=O)c2ccccc2C(C(N)=O)C1c1ccc(Cl)cc1Cl. The van der Waals surface area contributed by atoms with Gasteiger partial charge in [-0.1, -0.05) is 60.3 Å². The number of fused-ring (bicyclic) bond motifs is 1. The van der Waals surface area contributed by atoms with E-state index in [4.69, 9.17) is 28.9 Å². The number of nitrogens with zero attached hydrogens (tertiary/aromatic N) is 1. The zero-order chi connectivity index (χ0) is 23.9. The molecule has 1 fully saturated rings. The van der Waals surface area contributed by atoms with Crippen LogP contribution in [0.1, 0.15) is 59.1 Å². The summed E-state index contributed by atoms with van der Waals surface area (Å²) in [7, 11) is -3.52. The van der Waals surface area contributed by atoms with E-state index in [0.29, 0.717) is 39.6 Å². The van der Waals surface area contributed by atoms with E-state index in [1.807, 2.05) is 0 Å². The number of primary amides is 1. The number of hydrogen-bond donors (Lipinski definition) is 2. The summed E-state index contributed by atoms with van der Waals surface area (Å²) in [6.07, 6.45) is 3.90. The van der Waals surface area contributed by atoms with E-state index in [9.17, 15) is 18.0 Å². The lowest BCUT2D eigenvalue weighted by molar-refractivity contribution is -0.121. The molecule has 4 rings (SSSR count). The molecule has 3 N–H and O–H groups in total. The summed E-state index contributed by atoms with van der Waals surface area (Å²) in [6, 6.07) is 10.0. The highest BCUT2D eigenvalue weighted by Crippen LogP contribution is 2.47. The Bertz CT molecular complexity index is 1200. The molecule has 1 aliphatic carbocycles. The molecule has 0 saturated heterocycles. The highest BCUT2D eigenvalue weighted by Gasteiger charge is 2.48. The van der Waals surface area contributed by atoms with Crippen LogP contribution in [0.15, 0.2) is 42.5 Å². The quantitative estimate of drug-likeness (QED) is 0.640. The number of hydrogen-bond acceptors (Lipinski definition) is 4. The molecule has 0 aromatic heterocycles. The molecule has 2 amide bonds. The van der Waals surface area contributed by atoms with Gasteiger partial charge in [0, 0.05) is 27.7 Å². The third-order valence-corrected chi connectivity index (χ3v) is 7.71. The minimum Gasteiger partial charge on any atom is -0.369 e. The van der Waals surface area contributed by atoms with Crippen LogP contribution in [-0.2, 0) is 14.8 Å². The van der Waals surface area contributed by atoms with Crippen LogP contribution in [0.4, 0.5) is 0 Å². The second-order valence-corrected chi connectivity index (χ2v) is 11.3. The lowest BCUT2D eigenvalue weighted by Gasteiger charge is -2.49. The number of carbonyl (C=O) groups is 2. The number of halogens is 2. The average Bonchev–Trinajstić information content (AvgIpc) is 2.73. The first kappa shape index (κ1) is 24.0. The van der Waals surface area contributed by atoms with Crippen LogP contribution in [0.25, 0.3) is 0 Å². The van der Waals surface area contributed by atoms with Crippen LogP contribution in [0.3, 0.4) is 0 Å². The monoisotopic (exact) mass is 509 g/mol. The zero-order valence-electron chi connectivity index (χ0n) is 18.0. The van der Waals surface area contributed by atoms with E-state index in [-0.39, 0.29) is 5.91 Å². The van der Waals surface area contributed by atoms with Gasteiger partial charge in [0.15, 0.2) is 0 Å². The van der Waals surface area contributed by atoms with Gasteiger partial charge >= 0.3 is 0 Å². The number of nitrogens with two attached hydrogens (primary N) is 1. The first-order valence-electron chi connectivity index (χ1n) is 10.7. The van der Waals surface area contributed by atoms with Crippen molar-refractivity contribution in [2.75, 3.05) is 6.26 Å². The molecule has 4 atom stereocenters. The van der Waals surface area contributed by atoms with Gasteiger partial charge < -0.3 is 10.6 Å². The van der Waals surface area contributed by atoms with Crippen LogP contribution >= 0.6 is 23.2 Å². The van der Waals surface area contributed by atoms with Gasteiger partial charge in [-0.25, -0.2) is 13.1 Å². The van der Waals surface area contributed by atoms with Gasteiger partial charge in [0.25, 0.3) is 5.91 Å². The molecule has 10 heteroatoms. The molecule has 4 unspecified atom stereocenters. The maximum absolute atomic E-state index is 13.9. The highest BCUT2D eigenvalue weighted by atomic mass is 35.5. The minimum atomic E-state index is -3.52. The van der Waals surface area contributed by atoms with Crippen LogP contribution in [-0.4, -0.2) is 43.5 Å². The maximum Gasteiger partial charge on any atom is 0.255 e. The lowest BCUT2D eigenvalue weighted by atomic mass is 9.76. The van der Waals surface area contributed by atoms with Crippen molar-refractivity contribution in [1.82, 2.24) is 9.62 Å². The van der Waals surface area contributed by atoms with Crippen molar-refractivity contribution in [2.24, 2.45) is 5.73 Å². The van der Waals surface area contributed by atoms with Gasteiger partial charge in [0.05, 0.1) is 18.2 Å². The molecular formula is C23H25Cl2N3O4S. The molecule has 7 nitrogen and oxygen atoms in total. The number of carbonyl (C=O) groups excluding carboxylic acids is 2. The fraction of sp³-hybridized carbons (Fsp3) is 0.391. The largest absolute Gasteiger partial charge is 0.369 e. The number of rotatable bonds is 5. The average molecular weight is 510 g/mol. The molecule has 1 aliphatic heterocycles. The van der Waals surface area contributed by atoms with E-state index in [1.54, 1.807) is 47.4 Å². The molecule has 0 bridgehead atoms. The standard InChI is InChI=1S/C23H25Cl2N3O4S/c1-33(31,32)27-18-8-4-5-9-19(18)28-21(16-11-10-13(24)12-17(16)25)20(22(26)29)14-6-2-3-7-15(14)23(28)30/h2-3,6-7,10-12,18-21,27H,4-5,8-9H2,1H3,(H2,26,29). The molecule has 1 saturated carbocycles.